The SMILES string of the molecule is COC1/C=C/OC2(C)Oc3c(C)c(O)c4c(O)c(c(/C=N\N(C)c5ccc([N+](=O)[O-])cc5[N+](=O)[O-])c(O)c4c3C2=O)NC(=O)/C(C)=C\C=C\C(C)C(O)C(C)C(O)C(C)C(OC(C)=O)C1C. The summed E-state index contributed by atoms with van der Waals surface area (Å²) >= 11 is 0. The summed E-state index contributed by atoms with van der Waals surface area (Å²) in [5.74, 6) is -9.93. The van der Waals surface area contributed by atoms with Crippen LogP contribution >= 0.6 is 0 Å². The number of phenolic OH excluding ortho intramolecular Hbond substituents is 3. The lowest BCUT2D eigenvalue weighted by Crippen LogP contribution is -2.46. The van der Waals surface area contributed by atoms with E-state index in [0.717, 1.165) is 35.7 Å². The van der Waals surface area contributed by atoms with Gasteiger partial charge in [-0.1, -0.05) is 45.9 Å². The van der Waals surface area contributed by atoms with Gasteiger partial charge in [0.25, 0.3) is 17.4 Å². The maximum atomic E-state index is 14.5. The molecule has 0 saturated carbocycles. The average molecular weight is 920 g/mol. The normalized spacial score (nSPS) is 28.0. The van der Waals surface area contributed by atoms with E-state index in [0.29, 0.717) is 0 Å². The van der Waals surface area contributed by atoms with E-state index in [1.807, 2.05) is 0 Å². The van der Waals surface area contributed by atoms with Gasteiger partial charge in [0, 0.05) is 74.3 Å². The van der Waals surface area contributed by atoms with Gasteiger partial charge in [0.05, 0.1) is 68.9 Å². The monoisotopic (exact) mass is 919 g/mol. The molecule has 354 valence electrons. The Balaban J connectivity index is 1.75. The molecule has 3 aliphatic heterocycles. The number of ketones is 1. The fourth-order valence-electron chi connectivity index (χ4n) is 8.12. The number of ether oxygens (including phenoxy) is 4. The number of hydrogen-bond donors (Lipinski definition) is 6. The van der Waals surface area contributed by atoms with Crippen molar-refractivity contribution in [3.63, 3.8) is 0 Å². The second-order valence-corrected chi connectivity index (χ2v) is 16.6. The van der Waals surface area contributed by atoms with Crippen molar-refractivity contribution in [2.45, 2.75) is 85.6 Å². The van der Waals surface area contributed by atoms with Crippen LogP contribution in [-0.2, 0) is 23.8 Å². The number of hydrogen-bond acceptors (Lipinski definition) is 18. The summed E-state index contributed by atoms with van der Waals surface area (Å²) in [5, 5.41) is 88.7. The van der Waals surface area contributed by atoms with E-state index in [2.05, 4.69) is 10.4 Å². The molecule has 21 heteroatoms. The highest BCUT2D eigenvalue weighted by Gasteiger charge is 2.50. The second-order valence-electron chi connectivity index (χ2n) is 16.6. The Morgan fingerprint density at radius 3 is 2.23 bits per heavy atom. The predicted octanol–water partition coefficient (Wildman–Crippen LogP) is 6.04. The van der Waals surface area contributed by atoms with Crippen molar-refractivity contribution in [1.82, 2.24) is 0 Å². The highest BCUT2D eigenvalue weighted by Crippen LogP contribution is 2.55. The van der Waals surface area contributed by atoms with Crippen LogP contribution in [0, 0.1) is 50.8 Å². The number of Topliss-reactive ketones (excluding diaryl/α,β-unsaturated/α-hetero) is 1. The molecule has 0 spiro atoms. The Labute approximate surface area is 378 Å². The largest absolute Gasteiger partial charge is 0.507 e. The van der Waals surface area contributed by atoms with Gasteiger partial charge in [-0.3, -0.25) is 39.6 Å². The molecule has 3 aromatic rings. The molecule has 9 unspecified atom stereocenters. The Bertz CT molecular complexity index is 2590. The molecule has 3 heterocycles. The van der Waals surface area contributed by atoms with Gasteiger partial charge in [0.1, 0.15) is 29.0 Å². The number of nitro groups is 2. The van der Waals surface area contributed by atoms with Gasteiger partial charge in [0.15, 0.2) is 5.75 Å². The molecular formula is C45H53N5O16. The van der Waals surface area contributed by atoms with Crippen LogP contribution in [0.4, 0.5) is 22.7 Å². The molecule has 3 aliphatic rings. The number of anilines is 2. The average Bonchev–Trinajstić information content (AvgIpc) is 3.53. The molecule has 21 nitrogen and oxygen atoms in total. The van der Waals surface area contributed by atoms with E-state index >= 15 is 0 Å². The topological polar surface area (TPSA) is 303 Å². The Hall–Kier alpha value is -7.10. The first-order valence-electron chi connectivity index (χ1n) is 20.7. The van der Waals surface area contributed by atoms with Gasteiger partial charge in [-0.15, -0.1) is 0 Å². The number of esters is 1. The predicted molar refractivity (Wildman–Crippen MR) is 240 cm³/mol. The third-order valence-electron chi connectivity index (χ3n) is 12.1. The van der Waals surface area contributed by atoms with Crippen LogP contribution in [0.25, 0.3) is 10.8 Å². The molecule has 9 atom stereocenters. The highest BCUT2D eigenvalue weighted by molar-refractivity contribution is 6.24. The molecule has 3 aromatic carbocycles. The summed E-state index contributed by atoms with van der Waals surface area (Å²) in [6.07, 6.45) is 3.71. The Morgan fingerprint density at radius 1 is 0.955 bits per heavy atom. The molecule has 0 aliphatic carbocycles. The number of nitrogens with one attached hydrogen (secondary N) is 1. The number of hydrazone groups is 1. The van der Waals surface area contributed by atoms with Crippen molar-refractivity contribution in [3.8, 4) is 23.0 Å². The van der Waals surface area contributed by atoms with Crippen molar-refractivity contribution in [1.29, 1.82) is 0 Å². The number of aliphatic hydroxyl groups is 2. The first-order valence-corrected chi connectivity index (χ1v) is 20.7. The minimum atomic E-state index is -2.19. The minimum Gasteiger partial charge on any atom is -0.507 e. The van der Waals surface area contributed by atoms with E-state index in [1.165, 1.54) is 60.1 Å². The zero-order valence-electron chi connectivity index (χ0n) is 37.8. The molecule has 6 rings (SSSR count). The van der Waals surface area contributed by atoms with Crippen molar-refractivity contribution < 1.29 is 68.7 Å². The van der Waals surface area contributed by atoms with Crippen LogP contribution in [-0.4, -0.2) is 104 Å². The zero-order valence-corrected chi connectivity index (χ0v) is 37.8. The van der Waals surface area contributed by atoms with Crippen molar-refractivity contribution >= 4 is 57.4 Å². The number of fused-ring (bicyclic) bond motifs is 14. The Morgan fingerprint density at radius 2 is 1.62 bits per heavy atom. The number of nitro benzene ring substituents is 2. The molecule has 0 aromatic heterocycles. The van der Waals surface area contributed by atoms with Crippen LogP contribution in [0.15, 0.2) is 59.4 Å². The standard InChI is InChI=1S/C45H53N5O16/c1-20-12-11-13-21(2)44(58)47-35-28(19-46-48(9)29-15-14-27(49(59)60)18-30(29)50(61)62)39(55)32-33(40(35)56)38(54)25(6)42-34(32)43(57)45(8,66-42)64-17-16-31(63-10)22(3)41(65-26(7)51)24(5)37(53)23(4)36(20)52/h11-20,22-24,31,36-37,41,52-56H,1-10H3,(H,47,58)/b12-11+,17-16+,21-13-,46-19-. The molecule has 5 bridgehead atoms. The molecule has 6 N–H and O–H groups in total. The van der Waals surface area contributed by atoms with E-state index in [4.69, 9.17) is 18.9 Å². The number of benzene rings is 3. The van der Waals surface area contributed by atoms with Crippen molar-refractivity contribution in [2.75, 3.05) is 24.5 Å². The van der Waals surface area contributed by atoms with Gasteiger partial charge in [-0.25, -0.2) is 0 Å². The third-order valence-corrected chi connectivity index (χ3v) is 12.1. The van der Waals surface area contributed by atoms with E-state index in [-0.39, 0.29) is 28.1 Å². The van der Waals surface area contributed by atoms with Crippen molar-refractivity contribution in [2.24, 2.45) is 28.8 Å². The molecule has 1 amide bonds. The number of non-ortho nitro benzene ring substituents is 1. The van der Waals surface area contributed by atoms with Crippen molar-refractivity contribution in [3.05, 3.63) is 91.3 Å². The van der Waals surface area contributed by atoms with Gasteiger partial charge < -0.3 is 49.8 Å². The fraction of sp³-hybridized carbons (Fsp3) is 0.422. The zero-order chi connectivity index (χ0) is 49.3. The van der Waals surface area contributed by atoms with Crippen LogP contribution in [0.2, 0.25) is 0 Å². The first-order chi connectivity index (χ1) is 30.9. The third kappa shape index (κ3) is 9.49. The van der Waals surface area contributed by atoms with Gasteiger partial charge in [-0.2, -0.15) is 5.10 Å². The van der Waals surface area contributed by atoms with Crippen LogP contribution in [0.1, 0.15) is 70.0 Å². The number of aromatic hydroxyl groups is 3. The quantitative estimate of drug-likeness (QED) is 0.0393. The fourth-order valence-corrected chi connectivity index (χ4v) is 8.12. The summed E-state index contributed by atoms with van der Waals surface area (Å²) in [7, 11) is 2.63. The number of carbonyl (C=O) groups is 3. The number of amides is 1. The number of aliphatic hydroxyl groups excluding tert-OH is 2. The summed E-state index contributed by atoms with van der Waals surface area (Å²) in [5.41, 5.74) is -2.92. The van der Waals surface area contributed by atoms with E-state index in [9.17, 15) is 60.1 Å². The first kappa shape index (κ1) is 49.9. The van der Waals surface area contributed by atoms with E-state index < -0.39 is 132 Å². The summed E-state index contributed by atoms with van der Waals surface area (Å²) in [6, 6.07) is 2.80. The summed E-state index contributed by atoms with van der Waals surface area (Å²) in [4.78, 5) is 62.4. The van der Waals surface area contributed by atoms with E-state index in [1.54, 1.807) is 33.8 Å². The molecule has 66 heavy (non-hydrogen) atoms. The molecular weight excluding hydrogens is 867 g/mol. The highest BCUT2D eigenvalue weighted by atomic mass is 16.7. The number of phenols is 3. The molecule has 0 fully saturated rings. The van der Waals surface area contributed by atoms with Crippen LogP contribution in [0.5, 0.6) is 23.0 Å². The Kier molecular flexibility index (Phi) is 14.8. The van der Waals surface area contributed by atoms with Gasteiger partial charge in [0.2, 0.25) is 0 Å². The second kappa shape index (κ2) is 19.6. The maximum Gasteiger partial charge on any atom is 0.312 e. The summed E-state index contributed by atoms with van der Waals surface area (Å²) in [6.45, 7) is 12.0. The maximum absolute atomic E-state index is 14.5. The number of rotatable bonds is 7. The van der Waals surface area contributed by atoms with Gasteiger partial charge in [-0.05, 0) is 26.0 Å². The van der Waals surface area contributed by atoms with Gasteiger partial charge >= 0.3 is 17.4 Å². The van der Waals surface area contributed by atoms with Crippen LogP contribution < -0.4 is 15.1 Å². The smallest absolute Gasteiger partial charge is 0.312 e. The summed E-state index contributed by atoms with van der Waals surface area (Å²) < 4.78 is 23.4. The van der Waals surface area contributed by atoms with Crippen LogP contribution in [0.3, 0.4) is 0 Å². The lowest BCUT2D eigenvalue weighted by Gasteiger charge is -2.38. The number of nitrogens with zero attached hydrogens (tertiary/aromatic N) is 4. The lowest BCUT2D eigenvalue weighted by atomic mass is 9.78. The number of methoxy groups -OCH3 is 1. The number of allylic oxidation sites excluding steroid dienone is 2. The minimum absolute atomic E-state index is 0.0226. The molecule has 0 radical (unpaired) electrons. The molecule has 0 saturated heterocycles. The lowest BCUT2D eigenvalue weighted by molar-refractivity contribution is -0.393. The number of carbonyl (C=O) groups excluding carboxylic acids is 3.